The summed E-state index contributed by atoms with van der Waals surface area (Å²) < 4.78 is 22.7. The number of hydrogen-bond donors (Lipinski definition) is 2. The Labute approximate surface area is 190 Å². The first kappa shape index (κ1) is 20.1. The third-order valence-electron chi connectivity index (χ3n) is 6.55. The van der Waals surface area contributed by atoms with Gasteiger partial charge in [-0.25, -0.2) is 9.37 Å². The fourth-order valence-corrected chi connectivity index (χ4v) is 4.55. The van der Waals surface area contributed by atoms with E-state index in [4.69, 9.17) is 4.74 Å². The number of anilines is 2. The Bertz CT molecular complexity index is 1330. The van der Waals surface area contributed by atoms with E-state index in [0.29, 0.717) is 55.6 Å². The molecule has 0 saturated carbocycles. The molecule has 33 heavy (non-hydrogen) atoms. The molecule has 2 aliphatic rings. The molecular formula is C23H25FN8O. The first-order valence-corrected chi connectivity index (χ1v) is 11.2. The van der Waals surface area contributed by atoms with Gasteiger partial charge in [-0.05, 0) is 43.5 Å². The molecule has 0 radical (unpaired) electrons. The van der Waals surface area contributed by atoms with Crippen molar-refractivity contribution >= 4 is 27.9 Å². The third kappa shape index (κ3) is 3.50. The summed E-state index contributed by atoms with van der Waals surface area (Å²) in [5.74, 6) is 1.97. The van der Waals surface area contributed by atoms with E-state index < -0.39 is 5.67 Å². The van der Waals surface area contributed by atoms with Crippen LogP contribution in [0.25, 0.3) is 27.8 Å². The van der Waals surface area contributed by atoms with Crippen LogP contribution in [0.3, 0.4) is 0 Å². The fourth-order valence-electron chi connectivity index (χ4n) is 4.55. The number of benzene rings is 1. The molecule has 0 bridgehead atoms. The summed E-state index contributed by atoms with van der Waals surface area (Å²) in [5.41, 5.74) is 1.11. The molecule has 2 aliphatic heterocycles. The number of nitrogens with one attached hydrogen (secondary N) is 2. The molecule has 170 valence electrons. The topological polar surface area (TPSA) is 92.5 Å². The Morgan fingerprint density at radius 2 is 2.09 bits per heavy atom. The number of halogens is 1. The molecule has 0 amide bonds. The maximum absolute atomic E-state index is 15.1. The number of fused-ring (bicyclic) bond motifs is 4. The fraction of sp³-hybridized carbons (Fsp3) is 0.391. The van der Waals surface area contributed by atoms with E-state index in [2.05, 4.69) is 35.8 Å². The van der Waals surface area contributed by atoms with Gasteiger partial charge in [0.15, 0.2) is 11.6 Å². The van der Waals surface area contributed by atoms with Crippen molar-refractivity contribution in [2.75, 3.05) is 50.1 Å². The molecule has 3 aromatic heterocycles. The molecule has 4 aromatic rings. The quantitative estimate of drug-likeness (QED) is 0.492. The van der Waals surface area contributed by atoms with Crippen molar-refractivity contribution in [1.82, 2.24) is 30.1 Å². The van der Waals surface area contributed by atoms with Gasteiger partial charge in [0.1, 0.15) is 23.8 Å². The molecule has 0 atom stereocenters. The van der Waals surface area contributed by atoms with E-state index in [1.54, 1.807) is 16.9 Å². The third-order valence-corrected chi connectivity index (χ3v) is 6.55. The van der Waals surface area contributed by atoms with Gasteiger partial charge in [0, 0.05) is 24.2 Å². The van der Waals surface area contributed by atoms with Gasteiger partial charge in [-0.3, -0.25) is 0 Å². The van der Waals surface area contributed by atoms with Crippen LogP contribution in [0.2, 0.25) is 0 Å². The summed E-state index contributed by atoms with van der Waals surface area (Å²) in [4.78, 5) is 6.59. The lowest BCUT2D eigenvalue weighted by molar-refractivity contribution is 0.131. The van der Waals surface area contributed by atoms with Crippen LogP contribution in [0.5, 0.6) is 5.75 Å². The maximum atomic E-state index is 15.1. The first-order valence-electron chi connectivity index (χ1n) is 11.2. The van der Waals surface area contributed by atoms with E-state index in [1.165, 1.54) is 0 Å². The zero-order valence-electron chi connectivity index (χ0n) is 18.4. The van der Waals surface area contributed by atoms with Crippen molar-refractivity contribution in [3.8, 4) is 17.1 Å². The summed E-state index contributed by atoms with van der Waals surface area (Å²) in [6.07, 6.45) is 4.51. The lowest BCUT2D eigenvalue weighted by atomic mass is 9.94. The van der Waals surface area contributed by atoms with Gasteiger partial charge in [-0.1, -0.05) is 12.1 Å². The smallest absolute Gasteiger partial charge is 0.222 e. The van der Waals surface area contributed by atoms with Gasteiger partial charge in [0.05, 0.1) is 19.3 Å². The number of rotatable bonds is 4. The van der Waals surface area contributed by atoms with E-state index in [-0.39, 0.29) is 6.54 Å². The van der Waals surface area contributed by atoms with Crippen molar-refractivity contribution < 1.29 is 9.13 Å². The van der Waals surface area contributed by atoms with E-state index >= 15 is 4.39 Å². The molecule has 0 spiro atoms. The summed E-state index contributed by atoms with van der Waals surface area (Å²) in [6, 6.07) is 7.94. The Kier molecular flexibility index (Phi) is 4.75. The van der Waals surface area contributed by atoms with E-state index in [0.717, 1.165) is 28.6 Å². The maximum Gasteiger partial charge on any atom is 0.222 e. The average molecular weight is 449 g/mol. The largest absolute Gasteiger partial charge is 0.486 e. The molecule has 2 N–H and O–H groups in total. The predicted octanol–water partition coefficient (Wildman–Crippen LogP) is 2.67. The second kappa shape index (κ2) is 7.80. The van der Waals surface area contributed by atoms with Crippen LogP contribution >= 0.6 is 0 Å². The van der Waals surface area contributed by atoms with Gasteiger partial charge in [0.25, 0.3) is 0 Å². The van der Waals surface area contributed by atoms with Gasteiger partial charge >= 0.3 is 0 Å². The zero-order chi connectivity index (χ0) is 22.4. The molecule has 0 aliphatic carbocycles. The standard InChI is InChI=1S/C23H25FN8O/c1-31-10-11-33-19-18(31)13-28-32-21(29-30-22(19)32)16-3-2-15-4-7-26-20(17(15)12-16)27-14-23(24)5-8-25-9-6-23/h2-4,7,12-13,25H,5-6,8-11,14H2,1H3,(H,26,27). The molecule has 9 nitrogen and oxygen atoms in total. The van der Waals surface area contributed by atoms with Crippen LogP contribution in [0.1, 0.15) is 12.8 Å². The number of nitrogens with zero attached hydrogens (tertiary/aromatic N) is 6. The second-order valence-corrected chi connectivity index (χ2v) is 8.74. The molecule has 5 heterocycles. The van der Waals surface area contributed by atoms with Crippen LogP contribution in [-0.2, 0) is 0 Å². The lowest BCUT2D eigenvalue weighted by Gasteiger charge is -2.30. The number of ether oxygens (including phenoxy) is 1. The molecule has 1 aromatic carbocycles. The minimum absolute atomic E-state index is 0.234. The second-order valence-electron chi connectivity index (χ2n) is 8.74. The van der Waals surface area contributed by atoms with Gasteiger partial charge in [-0.2, -0.15) is 9.61 Å². The van der Waals surface area contributed by atoms with Crippen LogP contribution in [0, 0.1) is 0 Å². The Balaban J connectivity index is 1.37. The van der Waals surface area contributed by atoms with Gasteiger partial charge in [0.2, 0.25) is 5.65 Å². The first-order chi connectivity index (χ1) is 16.1. The van der Waals surface area contributed by atoms with Crippen LogP contribution in [0.15, 0.2) is 36.7 Å². The van der Waals surface area contributed by atoms with Crippen molar-refractivity contribution in [1.29, 1.82) is 0 Å². The number of aromatic nitrogens is 5. The van der Waals surface area contributed by atoms with Crippen molar-refractivity contribution in [2.24, 2.45) is 0 Å². The summed E-state index contributed by atoms with van der Waals surface area (Å²) >= 11 is 0. The zero-order valence-corrected chi connectivity index (χ0v) is 18.4. The van der Waals surface area contributed by atoms with Crippen LogP contribution in [0.4, 0.5) is 15.9 Å². The minimum Gasteiger partial charge on any atom is -0.486 e. The molecule has 1 fully saturated rings. The highest BCUT2D eigenvalue weighted by Crippen LogP contribution is 2.35. The highest BCUT2D eigenvalue weighted by atomic mass is 19.1. The van der Waals surface area contributed by atoms with E-state index in [1.807, 2.05) is 31.3 Å². The molecule has 6 rings (SSSR count). The molecular weight excluding hydrogens is 423 g/mol. The van der Waals surface area contributed by atoms with Crippen LogP contribution < -0.4 is 20.3 Å². The minimum atomic E-state index is -1.23. The van der Waals surface area contributed by atoms with Crippen LogP contribution in [-0.4, -0.2) is 70.3 Å². The summed E-state index contributed by atoms with van der Waals surface area (Å²) in [5, 5.41) is 21.7. The number of likely N-dealkylation sites (N-methyl/N-ethyl adjacent to an activating group) is 1. The number of piperidine rings is 1. The van der Waals surface area contributed by atoms with Crippen molar-refractivity contribution in [3.63, 3.8) is 0 Å². The number of pyridine rings is 1. The van der Waals surface area contributed by atoms with E-state index in [9.17, 15) is 0 Å². The SMILES string of the molecule is CN1CCOc2c1cnn1c(-c3ccc4ccnc(NCC5(F)CCNCC5)c4c3)nnc21. The van der Waals surface area contributed by atoms with Crippen molar-refractivity contribution in [3.05, 3.63) is 36.7 Å². The van der Waals surface area contributed by atoms with Crippen molar-refractivity contribution in [2.45, 2.75) is 18.5 Å². The van der Waals surface area contributed by atoms with Gasteiger partial charge < -0.3 is 20.3 Å². The normalized spacial score (nSPS) is 17.7. The molecule has 1 saturated heterocycles. The highest BCUT2D eigenvalue weighted by molar-refractivity contribution is 5.94. The lowest BCUT2D eigenvalue weighted by Crippen LogP contribution is -2.43. The number of alkyl halides is 1. The molecule has 0 unspecified atom stereocenters. The average Bonchev–Trinajstić information content (AvgIpc) is 3.28. The Hall–Kier alpha value is -3.53. The number of hydrogen-bond acceptors (Lipinski definition) is 8. The Morgan fingerprint density at radius 3 is 2.97 bits per heavy atom. The van der Waals surface area contributed by atoms with Gasteiger partial charge in [-0.15, -0.1) is 10.2 Å². The monoisotopic (exact) mass is 448 g/mol. The summed E-state index contributed by atoms with van der Waals surface area (Å²) in [7, 11) is 2.01. The Morgan fingerprint density at radius 1 is 1.21 bits per heavy atom. The molecule has 10 heteroatoms. The highest BCUT2D eigenvalue weighted by Gasteiger charge is 2.31. The summed E-state index contributed by atoms with van der Waals surface area (Å²) in [6.45, 7) is 3.02. The predicted molar refractivity (Wildman–Crippen MR) is 125 cm³/mol.